The van der Waals surface area contributed by atoms with Gasteiger partial charge in [0.2, 0.25) is 0 Å². The molecule has 0 unspecified atom stereocenters. The van der Waals surface area contributed by atoms with Crippen molar-refractivity contribution < 1.29 is 9.53 Å². The number of ether oxygens (including phenoxy) is 1. The normalized spacial score (nSPS) is 17.2. The Kier molecular flexibility index (Phi) is 6.33. The zero-order chi connectivity index (χ0) is 20.2. The van der Waals surface area contributed by atoms with Crippen molar-refractivity contribution in [3.05, 3.63) is 63.6 Å². The maximum atomic E-state index is 12.6. The molecule has 0 saturated carbocycles. The summed E-state index contributed by atoms with van der Waals surface area (Å²) in [6.45, 7) is 9.08. The van der Waals surface area contributed by atoms with Crippen molar-refractivity contribution >= 4 is 33.6 Å². The van der Waals surface area contributed by atoms with Gasteiger partial charge in [-0.1, -0.05) is 35.0 Å². The molecule has 1 saturated heterocycles. The van der Waals surface area contributed by atoms with Gasteiger partial charge >= 0.3 is 0 Å². The third kappa shape index (κ3) is 5.07. The minimum Gasteiger partial charge on any atom is -0.488 e. The van der Waals surface area contributed by atoms with Gasteiger partial charge in [0.1, 0.15) is 12.4 Å². The number of benzene rings is 2. The van der Waals surface area contributed by atoms with Crippen LogP contribution in [0.5, 0.6) is 5.75 Å². The molecule has 152 valence electrons. The SMILES string of the molecule is CCN1CCN(Cc2ccc(NC(=O)C3=Cc4cc(Br)ccc4OC3)cc2)CC1. The second kappa shape index (κ2) is 9.11. The number of nitrogens with zero attached hydrogens (tertiary/aromatic N) is 2. The standard InChI is InChI=1S/C23H26BrN3O2/c1-2-26-9-11-27(12-10-26)15-17-3-6-21(7-4-17)25-23(28)19-13-18-14-20(24)5-8-22(18)29-16-19/h3-8,13-14H,2,9-12,15-16H2,1H3,(H,25,28). The molecule has 2 aliphatic heterocycles. The van der Waals surface area contributed by atoms with Crippen LogP contribution in [-0.4, -0.2) is 55.0 Å². The molecule has 2 heterocycles. The van der Waals surface area contributed by atoms with Gasteiger partial charge in [0.15, 0.2) is 0 Å². The van der Waals surface area contributed by atoms with Gasteiger partial charge in [-0.25, -0.2) is 0 Å². The number of carbonyl (C=O) groups is 1. The van der Waals surface area contributed by atoms with Gasteiger partial charge in [0.25, 0.3) is 5.91 Å². The molecule has 2 aromatic carbocycles. The summed E-state index contributed by atoms with van der Waals surface area (Å²) in [5.41, 5.74) is 3.60. The lowest BCUT2D eigenvalue weighted by molar-refractivity contribution is -0.113. The minimum absolute atomic E-state index is 0.126. The lowest BCUT2D eigenvalue weighted by Gasteiger charge is -2.34. The van der Waals surface area contributed by atoms with E-state index in [4.69, 9.17) is 4.74 Å². The summed E-state index contributed by atoms with van der Waals surface area (Å²) in [7, 11) is 0. The molecule has 0 spiro atoms. The van der Waals surface area contributed by atoms with Crippen LogP contribution < -0.4 is 10.1 Å². The van der Waals surface area contributed by atoms with Gasteiger partial charge in [-0.05, 0) is 48.5 Å². The number of likely N-dealkylation sites (N-methyl/N-ethyl adjacent to an activating group) is 1. The van der Waals surface area contributed by atoms with E-state index in [1.807, 2.05) is 36.4 Å². The molecular formula is C23H26BrN3O2. The van der Waals surface area contributed by atoms with E-state index in [0.717, 1.165) is 60.7 Å². The maximum Gasteiger partial charge on any atom is 0.255 e. The number of amides is 1. The average molecular weight is 456 g/mol. The van der Waals surface area contributed by atoms with Crippen LogP contribution in [0.2, 0.25) is 0 Å². The van der Waals surface area contributed by atoms with Crippen LogP contribution in [0.15, 0.2) is 52.5 Å². The first-order valence-electron chi connectivity index (χ1n) is 10.1. The number of rotatable bonds is 5. The lowest BCUT2D eigenvalue weighted by Crippen LogP contribution is -2.45. The summed E-state index contributed by atoms with van der Waals surface area (Å²) in [5, 5.41) is 2.98. The second-order valence-electron chi connectivity index (χ2n) is 7.50. The van der Waals surface area contributed by atoms with E-state index in [2.05, 4.69) is 50.1 Å². The van der Waals surface area contributed by atoms with Crippen molar-refractivity contribution in [1.29, 1.82) is 0 Å². The molecule has 0 radical (unpaired) electrons. The minimum atomic E-state index is -0.126. The van der Waals surface area contributed by atoms with Gasteiger partial charge in [0.05, 0.1) is 5.57 Å². The van der Waals surface area contributed by atoms with Crippen molar-refractivity contribution in [2.24, 2.45) is 0 Å². The number of carbonyl (C=O) groups excluding carboxylic acids is 1. The van der Waals surface area contributed by atoms with Crippen LogP contribution in [0.1, 0.15) is 18.1 Å². The van der Waals surface area contributed by atoms with E-state index in [-0.39, 0.29) is 12.5 Å². The van der Waals surface area contributed by atoms with Crippen molar-refractivity contribution in [1.82, 2.24) is 9.80 Å². The van der Waals surface area contributed by atoms with E-state index in [9.17, 15) is 4.79 Å². The average Bonchev–Trinajstić information content (AvgIpc) is 2.75. The third-order valence-electron chi connectivity index (χ3n) is 5.51. The van der Waals surface area contributed by atoms with Crippen molar-refractivity contribution in [2.45, 2.75) is 13.5 Å². The highest BCUT2D eigenvalue weighted by Gasteiger charge is 2.18. The summed E-state index contributed by atoms with van der Waals surface area (Å²) < 4.78 is 6.67. The first kappa shape index (κ1) is 20.1. The Morgan fingerprint density at radius 3 is 2.52 bits per heavy atom. The Balaban J connectivity index is 1.35. The highest BCUT2D eigenvalue weighted by Crippen LogP contribution is 2.29. The Morgan fingerprint density at radius 2 is 1.79 bits per heavy atom. The number of piperazine rings is 1. The molecule has 0 aliphatic carbocycles. The molecule has 2 aliphatic rings. The van der Waals surface area contributed by atoms with E-state index in [1.54, 1.807) is 0 Å². The number of nitrogens with one attached hydrogen (secondary N) is 1. The van der Waals surface area contributed by atoms with Crippen LogP contribution in [-0.2, 0) is 11.3 Å². The van der Waals surface area contributed by atoms with Crippen LogP contribution in [0.4, 0.5) is 5.69 Å². The molecule has 0 bridgehead atoms. The Morgan fingerprint density at radius 1 is 1.07 bits per heavy atom. The van der Waals surface area contributed by atoms with Crippen LogP contribution in [0.3, 0.4) is 0 Å². The van der Waals surface area contributed by atoms with Gasteiger partial charge < -0.3 is 15.0 Å². The van der Waals surface area contributed by atoms with Crippen molar-refractivity contribution in [2.75, 3.05) is 44.6 Å². The highest BCUT2D eigenvalue weighted by molar-refractivity contribution is 9.10. The fourth-order valence-corrected chi connectivity index (χ4v) is 4.09. The molecule has 29 heavy (non-hydrogen) atoms. The number of halogens is 1. The Bertz CT molecular complexity index is 903. The third-order valence-corrected chi connectivity index (χ3v) is 6.00. The summed E-state index contributed by atoms with van der Waals surface area (Å²) in [5.74, 6) is 0.674. The second-order valence-corrected chi connectivity index (χ2v) is 8.42. The molecular weight excluding hydrogens is 430 g/mol. The predicted molar refractivity (Wildman–Crippen MR) is 120 cm³/mol. The van der Waals surface area contributed by atoms with Crippen LogP contribution in [0.25, 0.3) is 6.08 Å². The van der Waals surface area contributed by atoms with Crippen molar-refractivity contribution in [3.63, 3.8) is 0 Å². The Labute approximate surface area is 180 Å². The summed E-state index contributed by atoms with van der Waals surface area (Å²) in [6, 6.07) is 13.9. The maximum absolute atomic E-state index is 12.6. The van der Waals surface area contributed by atoms with Gasteiger partial charge in [-0.3, -0.25) is 9.69 Å². The quantitative estimate of drug-likeness (QED) is 0.739. The first-order chi connectivity index (χ1) is 14.1. The van der Waals surface area contributed by atoms with Gasteiger partial charge in [-0.2, -0.15) is 0 Å². The van der Waals surface area contributed by atoms with E-state index < -0.39 is 0 Å². The number of hydrogen-bond acceptors (Lipinski definition) is 4. The summed E-state index contributed by atoms with van der Waals surface area (Å²) >= 11 is 3.46. The Hall–Kier alpha value is -2.15. The fraction of sp³-hybridized carbons (Fsp3) is 0.348. The van der Waals surface area contributed by atoms with Crippen LogP contribution >= 0.6 is 15.9 Å². The summed E-state index contributed by atoms with van der Waals surface area (Å²) in [4.78, 5) is 17.6. The molecule has 0 atom stereocenters. The van der Waals surface area contributed by atoms with E-state index in [0.29, 0.717) is 5.57 Å². The zero-order valence-corrected chi connectivity index (χ0v) is 18.2. The predicted octanol–water partition coefficient (Wildman–Crippen LogP) is 4.00. The molecule has 2 aromatic rings. The molecule has 1 N–H and O–H groups in total. The monoisotopic (exact) mass is 455 g/mol. The number of hydrogen-bond donors (Lipinski definition) is 1. The fourth-order valence-electron chi connectivity index (χ4n) is 3.71. The van der Waals surface area contributed by atoms with Gasteiger partial charge in [0, 0.05) is 48.4 Å². The van der Waals surface area contributed by atoms with Gasteiger partial charge in [-0.15, -0.1) is 0 Å². The summed E-state index contributed by atoms with van der Waals surface area (Å²) in [6.07, 6.45) is 1.89. The first-order valence-corrected chi connectivity index (χ1v) is 10.9. The van der Waals surface area contributed by atoms with E-state index >= 15 is 0 Å². The van der Waals surface area contributed by atoms with Crippen LogP contribution in [0, 0.1) is 0 Å². The molecule has 4 rings (SSSR count). The number of fused-ring (bicyclic) bond motifs is 1. The zero-order valence-electron chi connectivity index (χ0n) is 16.7. The van der Waals surface area contributed by atoms with E-state index in [1.165, 1.54) is 5.56 Å². The molecule has 6 heteroatoms. The highest BCUT2D eigenvalue weighted by atomic mass is 79.9. The topological polar surface area (TPSA) is 44.8 Å². The number of anilines is 1. The van der Waals surface area contributed by atoms with Crippen molar-refractivity contribution in [3.8, 4) is 5.75 Å². The molecule has 1 fully saturated rings. The largest absolute Gasteiger partial charge is 0.488 e. The lowest BCUT2D eigenvalue weighted by atomic mass is 10.1. The molecule has 5 nitrogen and oxygen atoms in total. The molecule has 0 aromatic heterocycles. The smallest absolute Gasteiger partial charge is 0.255 e. The molecule has 1 amide bonds.